The van der Waals surface area contributed by atoms with Crippen LogP contribution in [0.1, 0.15) is 6.42 Å². The minimum Gasteiger partial charge on any atom is -0.494 e. The topological polar surface area (TPSA) is 84.9 Å². The van der Waals surface area contributed by atoms with Crippen LogP contribution in [0.4, 0.5) is 20.5 Å². The summed E-state index contributed by atoms with van der Waals surface area (Å²) in [4.78, 5) is 18.2. The Kier molecular flexibility index (Phi) is 6.78. The minimum atomic E-state index is -0.838. The molecule has 186 valence electrons. The maximum atomic E-state index is 15.2. The Balaban J connectivity index is 1.50. The first-order chi connectivity index (χ1) is 17.1. The number of halogens is 2. The molecule has 0 aliphatic carbocycles. The predicted octanol–water partition coefficient (Wildman–Crippen LogP) is 2.94. The highest BCUT2D eigenvalue weighted by molar-refractivity contribution is 5.92. The molecule has 2 saturated heterocycles. The van der Waals surface area contributed by atoms with Crippen molar-refractivity contribution in [2.75, 3.05) is 76.9 Å². The standard InChI is InChI=1S/C24H28F2N6O3/c1-33-17-13-18(34-2)21(26)19(20(17)25)16-12-15-14-28-24(27-4-7-31-8-10-35-11-9-31)30-22(15)23(29-16)32-5-3-6-32/h12-14H,3-11H2,1-2H3,(H,27,28,30). The molecule has 2 aliphatic rings. The zero-order valence-corrected chi connectivity index (χ0v) is 19.8. The van der Waals surface area contributed by atoms with E-state index in [1.165, 1.54) is 20.3 Å². The van der Waals surface area contributed by atoms with Gasteiger partial charge in [-0.2, -0.15) is 0 Å². The molecule has 0 radical (unpaired) electrons. The fourth-order valence-corrected chi connectivity index (χ4v) is 4.25. The average Bonchev–Trinajstić information content (AvgIpc) is 2.84. The van der Waals surface area contributed by atoms with E-state index in [1.54, 1.807) is 12.3 Å². The number of methoxy groups -OCH3 is 2. The van der Waals surface area contributed by atoms with Crippen molar-refractivity contribution in [3.05, 3.63) is 30.0 Å². The van der Waals surface area contributed by atoms with Crippen LogP contribution in [-0.2, 0) is 4.74 Å². The molecular weight excluding hydrogens is 458 g/mol. The van der Waals surface area contributed by atoms with Crippen LogP contribution in [-0.4, -0.2) is 86.6 Å². The smallest absolute Gasteiger partial charge is 0.223 e. The van der Waals surface area contributed by atoms with Crippen LogP contribution in [0.3, 0.4) is 0 Å². The molecule has 0 unspecified atom stereocenters. The maximum absolute atomic E-state index is 15.2. The highest BCUT2D eigenvalue weighted by atomic mass is 19.1. The first-order valence-electron chi connectivity index (χ1n) is 11.7. The number of morpholine rings is 1. The molecule has 5 rings (SSSR count). The van der Waals surface area contributed by atoms with Crippen LogP contribution in [0.15, 0.2) is 18.3 Å². The van der Waals surface area contributed by atoms with Crippen LogP contribution in [0.5, 0.6) is 11.5 Å². The number of fused-ring (bicyclic) bond motifs is 1. The number of rotatable bonds is 8. The Bertz CT molecular complexity index is 1190. The molecule has 2 aliphatic heterocycles. The molecule has 0 atom stereocenters. The molecule has 9 nitrogen and oxygen atoms in total. The summed E-state index contributed by atoms with van der Waals surface area (Å²) < 4.78 is 46.0. The number of ether oxygens (including phenoxy) is 3. The van der Waals surface area contributed by atoms with E-state index in [-0.39, 0.29) is 22.8 Å². The number of anilines is 2. The Morgan fingerprint density at radius 2 is 1.71 bits per heavy atom. The van der Waals surface area contributed by atoms with Gasteiger partial charge < -0.3 is 24.4 Å². The lowest BCUT2D eigenvalue weighted by atomic mass is 10.1. The van der Waals surface area contributed by atoms with Gasteiger partial charge in [0.1, 0.15) is 5.52 Å². The SMILES string of the molecule is COc1cc(OC)c(F)c(-c2cc3cnc(NCCN4CCOCC4)nc3c(N3CCC3)n2)c1F. The van der Waals surface area contributed by atoms with Crippen LogP contribution in [0.25, 0.3) is 22.2 Å². The largest absolute Gasteiger partial charge is 0.494 e. The molecular formula is C24H28F2N6O3. The van der Waals surface area contributed by atoms with Crippen molar-refractivity contribution in [3.63, 3.8) is 0 Å². The summed E-state index contributed by atoms with van der Waals surface area (Å²) in [5, 5.41) is 3.91. The van der Waals surface area contributed by atoms with E-state index in [0.29, 0.717) is 29.2 Å². The molecule has 0 bridgehead atoms. The summed E-state index contributed by atoms with van der Waals surface area (Å²) in [6.07, 6.45) is 2.67. The molecule has 35 heavy (non-hydrogen) atoms. The highest BCUT2D eigenvalue weighted by Crippen LogP contribution is 2.39. The van der Waals surface area contributed by atoms with Crippen molar-refractivity contribution in [1.82, 2.24) is 19.9 Å². The fraction of sp³-hybridized carbons (Fsp3) is 0.458. The molecule has 1 aromatic carbocycles. The van der Waals surface area contributed by atoms with Crippen molar-refractivity contribution in [1.29, 1.82) is 0 Å². The Hall–Kier alpha value is -3.31. The van der Waals surface area contributed by atoms with Crippen molar-refractivity contribution in [2.24, 2.45) is 0 Å². The number of pyridine rings is 1. The Morgan fingerprint density at radius 1 is 1.00 bits per heavy atom. The van der Waals surface area contributed by atoms with Gasteiger partial charge in [0.05, 0.1) is 38.7 Å². The lowest BCUT2D eigenvalue weighted by Crippen LogP contribution is -2.39. The van der Waals surface area contributed by atoms with E-state index >= 15 is 8.78 Å². The van der Waals surface area contributed by atoms with Crippen molar-refractivity contribution in [2.45, 2.75) is 6.42 Å². The van der Waals surface area contributed by atoms with Gasteiger partial charge >= 0.3 is 0 Å². The number of aromatic nitrogens is 3. The normalized spacial score (nSPS) is 16.3. The van der Waals surface area contributed by atoms with Gasteiger partial charge in [-0.3, -0.25) is 4.90 Å². The molecule has 11 heteroatoms. The Morgan fingerprint density at radius 3 is 2.34 bits per heavy atom. The Labute approximate surface area is 202 Å². The van der Waals surface area contributed by atoms with E-state index in [1.807, 2.05) is 4.90 Å². The van der Waals surface area contributed by atoms with Crippen molar-refractivity contribution >= 4 is 22.7 Å². The summed E-state index contributed by atoms with van der Waals surface area (Å²) in [6.45, 7) is 6.46. The third-order valence-electron chi connectivity index (χ3n) is 6.35. The third-order valence-corrected chi connectivity index (χ3v) is 6.35. The molecule has 4 heterocycles. The zero-order valence-electron chi connectivity index (χ0n) is 19.8. The zero-order chi connectivity index (χ0) is 24.4. The molecule has 2 fully saturated rings. The highest BCUT2D eigenvalue weighted by Gasteiger charge is 2.26. The van der Waals surface area contributed by atoms with Gasteiger partial charge in [-0.15, -0.1) is 0 Å². The molecule has 2 aromatic heterocycles. The van der Waals surface area contributed by atoms with Crippen LogP contribution >= 0.6 is 0 Å². The molecule has 0 saturated carbocycles. The predicted molar refractivity (Wildman–Crippen MR) is 128 cm³/mol. The monoisotopic (exact) mass is 486 g/mol. The number of hydrogen-bond acceptors (Lipinski definition) is 9. The van der Waals surface area contributed by atoms with Gasteiger partial charge in [-0.1, -0.05) is 0 Å². The quantitative estimate of drug-likeness (QED) is 0.517. The lowest BCUT2D eigenvalue weighted by Gasteiger charge is -2.33. The lowest BCUT2D eigenvalue weighted by molar-refractivity contribution is 0.0398. The summed E-state index contributed by atoms with van der Waals surface area (Å²) >= 11 is 0. The number of nitrogens with one attached hydrogen (secondary N) is 1. The second-order valence-electron chi connectivity index (χ2n) is 8.47. The summed E-state index contributed by atoms with van der Waals surface area (Å²) in [6, 6.07) is 2.78. The summed E-state index contributed by atoms with van der Waals surface area (Å²) in [5.74, 6) is -0.863. The van der Waals surface area contributed by atoms with Gasteiger partial charge in [-0.25, -0.2) is 23.7 Å². The second kappa shape index (κ2) is 10.1. The van der Waals surface area contributed by atoms with Crippen molar-refractivity contribution in [3.8, 4) is 22.8 Å². The fourth-order valence-electron chi connectivity index (χ4n) is 4.25. The van der Waals surface area contributed by atoms with Crippen LogP contribution in [0.2, 0.25) is 0 Å². The van der Waals surface area contributed by atoms with E-state index in [4.69, 9.17) is 19.2 Å². The van der Waals surface area contributed by atoms with E-state index < -0.39 is 11.6 Å². The third kappa shape index (κ3) is 4.65. The van der Waals surface area contributed by atoms with Crippen molar-refractivity contribution < 1.29 is 23.0 Å². The number of nitrogens with zero attached hydrogens (tertiary/aromatic N) is 5. The van der Waals surface area contributed by atoms with Crippen LogP contribution < -0.4 is 19.7 Å². The van der Waals surface area contributed by atoms with Gasteiger partial charge in [0.15, 0.2) is 29.0 Å². The summed E-state index contributed by atoms with van der Waals surface area (Å²) in [7, 11) is 2.64. The molecule has 1 N–H and O–H groups in total. The summed E-state index contributed by atoms with van der Waals surface area (Å²) in [5.41, 5.74) is 0.453. The number of benzene rings is 1. The van der Waals surface area contributed by atoms with Gasteiger partial charge in [0, 0.05) is 56.9 Å². The van der Waals surface area contributed by atoms with Crippen LogP contribution in [0, 0.1) is 11.6 Å². The average molecular weight is 487 g/mol. The van der Waals surface area contributed by atoms with Gasteiger partial charge in [-0.05, 0) is 12.5 Å². The van der Waals surface area contributed by atoms with E-state index in [2.05, 4.69) is 20.2 Å². The first kappa shape index (κ1) is 23.4. The maximum Gasteiger partial charge on any atom is 0.223 e. The first-order valence-corrected chi connectivity index (χ1v) is 11.7. The molecule has 3 aromatic rings. The van der Waals surface area contributed by atoms with Gasteiger partial charge in [0.25, 0.3) is 0 Å². The number of hydrogen-bond donors (Lipinski definition) is 1. The van der Waals surface area contributed by atoms with E-state index in [9.17, 15) is 0 Å². The second-order valence-corrected chi connectivity index (χ2v) is 8.47. The molecule has 0 spiro atoms. The van der Waals surface area contributed by atoms with Gasteiger partial charge in [0.2, 0.25) is 5.95 Å². The molecule has 0 amide bonds. The van der Waals surface area contributed by atoms with E-state index in [0.717, 1.165) is 52.4 Å². The minimum absolute atomic E-state index is 0.123.